The first-order valence-corrected chi connectivity index (χ1v) is 9.87. The number of carbonyl (C=O) groups is 1. The fourth-order valence-electron chi connectivity index (χ4n) is 3.15. The third-order valence-corrected chi connectivity index (χ3v) is 4.90. The number of aryl methyl sites for hydroxylation is 1. The number of rotatable bonds is 2. The highest BCUT2D eigenvalue weighted by molar-refractivity contribution is 9.10. The molecule has 0 radical (unpaired) electrons. The average molecular weight is 485 g/mol. The van der Waals surface area contributed by atoms with Crippen molar-refractivity contribution in [1.82, 2.24) is 15.3 Å². The van der Waals surface area contributed by atoms with E-state index in [1.165, 1.54) is 18.3 Å². The Hall–Kier alpha value is -2.49. The Kier molecular flexibility index (Phi) is 5.90. The summed E-state index contributed by atoms with van der Waals surface area (Å²) in [6.45, 7) is 6.57. The molecule has 0 spiro atoms. The van der Waals surface area contributed by atoms with E-state index in [1.807, 2.05) is 0 Å². The van der Waals surface area contributed by atoms with E-state index in [0.29, 0.717) is 10.3 Å². The highest BCUT2D eigenvalue weighted by atomic mass is 79.9. The number of benzene rings is 1. The molecular formula is C20H20BrF3N4O2. The molecule has 0 saturated heterocycles. The zero-order valence-corrected chi connectivity index (χ0v) is 18.3. The summed E-state index contributed by atoms with van der Waals surface area (Å²) in [5, 5.41) is 2.60. The van der Waals surface area contributed by atoms with Gasteiger partial charge < -0.3 is 10.1 Å². The number of aromatic nitrogens is 2. The highest BCUT2D eigenvalue weighted by Gasteiger charge is 2.49. The first kappa shape index (κ1) is 22.2. The number of amides is 1. The van der Waals surface area contributed by atoms with Crippen molar-refractivity contribution >= 4 is 27.9 Å². The largest absolute Gasteiger partial charge is 0.442 e. The van der Waals surface area contributed by atoms with Gasteiger partial charge in [-0.2, -0.15) is 4.99 Å². The summed E-state index contributed by atoms with van der Waals surface area (Å²) in [6, 6.07) is 3.78. The van der Waals surface area contributed by atoms with Gasteiger partial charge in [0, 0.05) is 22.7 Å². The Morgan fingerprint density at radius 2 is 2.07 bits per heavy atom. The number of amidine groups is 1. The normalized spacial score (nSPS) is 20.1. The lowest BCUT2D eigenvalue weighted by atomic mass is 9.81. The lowest BCUT2D eigenvalue weighted by Gasteiger charge is -2.39. The molecule has 10 heteroatoms. The van der Waals surface area contributed by atoms with Crippen LogP contribution in [0.25, 0.3) is 0 Å². The number of halogens is 4. The maximum atomic E-state index is 14.7. The Bertz CT molecular complexity index is 1020. The molecule has 0 saturated carbocycles. The Morgan fingerprint density at radius 1 is 1.37 bits per heavy atom. The van der Waals surface area contributed by atoms with Crippen molar-refractivity contribution < 1.29 is 22.7 Å². The lowest BCUT2D eigenvalue weighted by Crippen LogP contribution is -2.57. The minimum absolute atomic E-state index is 0.204. The van der Waals surface area contributed by atoms with Gasteiger partial charge in [0.15, 0.2) is 0 Å². The number of fused-ring (bicyclic) bond motifs is 1. The number of hydrogen-bond donors (Lipinski definition) is 1. The summed E-state index contributed by atoms with van der Waals surface area (Å²) < 4.78 is 49.3. The van der Waals surface area contributed by atoms with Crippen LogP contribution in [0.1, 0.15) is 43.4 Å². The molecule has 0 aliphatic carbocycles. The molecule has 0 unspecified atom stereocenters. The SMILES string of the molecule is Cc1ncc2c(n1)C[C@](c1cc(Br)ccc1F)(C(F)F)NC2=NC(=O)OC(C)(C)C. The predicted molar refractivity (Wildman–Crippen MR) is 108 cm³/mol. The van der Waals surface area contributed by atoms with Gasteiger partial charge in [-0.3, -0.25) is 0 Å². The smallest absolute Gasteiger partial charge is 0.436 e. The molecule has 30 heavy (non-hydrogen) atoms. The van der Waals surface area contributed by atoms with Crippen LogP contribution in [0.5, 0.6) is 0 Å². The van der Waals surface area contributed by atoms with Crippen LogP contribution in [0.2, 0.25) is 0 Å². The van der Waals surface area contributed by atoms with Crippen molar-refractivity contribution in [3.8, 4) is 0 Å². The zero-order chi connectivity index (χ0) is 22.3. The molecule has 1 atom stereocenters. The van der Waals surface area contributed by atoms with Crippen LogP contribution in [-0.4, -0.2) is 33.9 Å². The standard InChI is InChI=1S/C20H20BrF3N4O2/c1-10-25-9-12-15(26-10)8-20(17(23)24,13-7-11(21)5-6-14(13)22)28-16(12)27-18(29)30-19(2,3)4/h5-7,9,17H,8H2,1-4H3,(H,27,28,29)/t20-/m0/s1. The van der Waals surface area contributed by atoms with E-state index < -0.39 is 29.5 Å². The van der Waals surface area contributed by atoms with Crippen LogP contribution >= 0.6 is 15.9 Å². The minimum Gasteiger partial charge on any atom is -0.442 e. The summed E-state index contributed by atoms with van der Waals surface area (Å²) in [6.07, 6.45) is -2.96. The molecule has 1 aliphatic rings. The van der Waals surface area contributed by atoms with E-state index in [-0.39, 0.29) is 29.1 Å². The number of ether oxygens (including phenoxy) is 1. The summed E-state index contributed by atoms with van der Waals surface area (Å²) >= 11 is 3.20. The second-order valence-corrected chi connectivity index (χ2v) is 8.83. The van der Waals surface area contributed by atoms with Crippen molar-refractivity contribution in [2.24, 2.45) is 4.99 Å². The van der Waals surface area contributed by atoms with Crippen molar-refractivity contribution in [2.75, 3.05) is 0 Å². The van der Waals surface area contributed by atoms with Crippen molar-refractivity contribution in [3.05, 3.63) is 57.3 Å². The molecule has 0 bridgehead atoms. The summed E-state index contributed by atoms with van der Waals surface area (Å²) in [7, 11) is 0. The summed E-state index contributed by atoms with van der Waals surface area (Å²) in [5.41, 5.74) is -2.80. The van der Waals surface area contributed by atoms with Crippen molar-refractivity contribution in [3.63, 3.8) is 0 Å². The quantitative estimate of drug-likeness (QED) is 0.669. The molecule has 1 aromatic carbocycles. The Labute approximate surface area is 180 Å². The van der Waals surface area contributed by atoms with Gasteiger partial charge in [0.05, 0.1) is 11.3 Å². The molecular weight excluding hydrogens is 465 g/mol. The molecule has 2 heterocycles. The van der Waals surface area contributed by atoms with Gasteiger partial charge in [0.2, 0.25) is 0 Å². The molecule has 0 fully saturated rings. The molecule has 160 valence electrons. The van der Waals surface area contributed by atoms with E-state index >= 15 is 0 Å². The average Bonchev–Trinajstić information content (AvgIpc) is 2.61. The second kappa shape index (κ2) is 7.98. The van der Waals surface area contributed by atoms with Crippen LogP contribution in [0.15, 0.2) is 33.9 Å². The van der Waals surface area contributed by atoms with Gasteiger partial charge in [0.25, 0.3) is 6.43 Å². The lowest BCUT2D eigenvalue weighted by molar-refractivity contribution is 0.0339. The number of nitrogens with one attached hydrogen (secondary N) is 1. The zero-order valence-electron chi connectivity index (χ0n) is 16.8. The van der Waals surface area contributed by atoms with Crippen LogP contribution in [0.4, 0.5) is 18.0 Å². The third kappa shape index (κ3) is 4.48. The monoisotopic (exact) mass is 484 g/mol. The summed E-state index contributed by atoms with van der Waals surface area (Å²) in [4.78, 5) is 24.4. The summed E-state index contributed by atoms with van der Waals surface area (Å²) in [5.74, 6) is -0.674. The Balaban J connectivity index is 2.20. The molecule has 1 aliphatic heterocycles. The Morgan fingerprint density at radius 3 is 2.70 bits per heavy atom. The van der Waals surface area contributed by atoms with E-state index in [4.69, 9.17) is 4.74 Å². The number of aliphatic imine (C=N–C) groups is 1. The number of alkyl halides is 2. The van der Waals surface area contributed by atoms with Crippen molar-refractivity contribution in [2.45, 2.75) is 51.7 Å². The number of nitrogens with zero attached hydrogens (tertiary/aromatic N) is 3. The minimum atomic E-state index is -3.05. The fourth-order valence-corrected chi connectivity index (χ4v) is 3.51. The molecule has 1 amide bonds. The predicted octanol–water partition coefficient (Wildman–Crippen LogP) is 4.67. The van der Waals surface area contributed by atoms with Crippen LogP contribution in [0.3, 0.4) is 0 Å². The number of hydrogen-bond acceptors (Lipinski definition) is 4. The van der Waals surface area contributed by atoms with Gasteiger partial charge in [-0.1, -0.05) is 15.9 Å². The highest BCUT2D eigenvalue weighted by Crippen LogP contribution is 2.38. The van der Waals surface area contributed by atoms with E-state index in [2.05, 4.69) is 36.2 Å². The van der Waals surface area contributed by atoms with E-state index in [1.54, 1.807) is 27.7 Å². The van der Waals surface area contributed by atoms with E-state index in [0.717, 1.165) is 6.07 Å². The van der Waals surface area contributed by atoms with Crippen LogP contribution in [-0.2, 0) is 16.7 Å². The fraction of sp³-hybridized carbons (Fsp3) is 0.400. The van der Waals surface area contributed by atoms with Gasteiger partial charge in [-0.05, 0) is 45.9 Å². The van der Waals surface area contributed by atoms with Gasteiger partial charge >= 0.3 is 6.09 Å². The molecule has 2 aromatic rings. The van der Waals surface area contributed by atoms with Gasteiger partial charge in [0.1, 0.15) is 28.6 Å². The maximum Gasteiger partial charge on any atom is 0.436 e. The molecule has 1 N–H and O–H groups in total. The first-order valence-electron chi connectivity index (χ1n) is 9.08. The van der Waals surface area contributed by atoms with Gasteiger partial charge in [-0.15, -0.1) is 0 Å². The van der Waals surface area contributed by atoms with Crippen molar-refractivity contribution in [1.29, 1.82) is 0 Å². The molecule has 6 nitrogen and oxygen atoms in total. The second-order valence-electron chi connectivity index (χ2n) is 7.92. The van der Waals surface area contributed by atoms with E-state index in [9.17, 15) is 18.0 Å². The topological polar surface area (TPSA) is 76.5 Å². The number of carbonyl (C=O) groups excluding carboxylic acids is 1. The molecule has 3 rings (SSSR count). The van der Waals surface area contributed by atoms with Crippen LogP contribution in [0, 0.1) is 12.7 Å². The van der Waals surface area contributed by atoms with Gasteiger partial charge in [-0.25, -0.2) is 27.9 Å². The van der Waals surface area contributed by atoms with Crippen LogP contribution < -0.4 is 5.32 Å². The maximum absolute atomic E-state index is 14.7. The third-order valence-electron chi connectivity index (χ3n) is 4.41. The molecule has 1 aromatic heterocycles. The first-order chi connectivity index (χ1) is 13.9.